The van der Waals surface area contributed by atoms with Crippen molar-refractivity contribution in [1.82, 2.24) is 19.9 Å². The zero-order chi connectivity index (χ0) is 20.0. The number of aromatic hydroxyl groups is 1. The van der Waals surface area contributed by atoms with Gasteiger partial charge in [-0.15, -0.1) is 0 Å². The Kier molecular flexibility index (Phi) is 4.67. The van der Waals surface area contributed by atoms with Crippen LogP contribution in [0.4, 0.5) is 0 Å². The summed E-state index contributed by atoms with van der Waals surface area (Å²) >= 11 is 0. The Morgan fingerprint density at radius 1 is 1.17 bits per heavy atom. The van der Waals surface area contributed by atoms with E-state index in [1.54, 1.807) is 18.3 Å². The Morgan fingerprint density at radius 3 is 2.62 bits per heavy atom. The molecule has 3 aliphatic heterocycles. The first-order valence-corrected chi connectivity index (χ1v) is 10.4. The number of hydrogen-bond donors (Lipinski definition) is 3. The lowest BCUT2D eigenvalue weighted by atomic mass is 9.89. The fourth-order valence-electron chi connectivity index (χ4n) is 4.53. The predicted octanol–water partition coefficient (Wildman–Crippen LogP) is 1.58. The smallest absolute Gasteiger partial charge is 0.273 e. The van der Waals surface area contributed by atoms with Crippen LogP contribution >= 0.6 is 0 Å². The summed E-state index contributed by atoms with van der Waals surface area (Å²) in [5, 5.41) is 12.6. The normalized spacial score (nSPS) is 24.3. The van der Waals surface area contributed by atoms with Crippen LogP contribution in [-0.2, 0) is 4.74 Å². The SMILES string of the molecule is CC(C1NC(=O)c2cnc(C3CCOCC3)n2N1)N1CC(c2ccc(O)cc2)C1. The second-order valence-corrected chi connectivity index (χ2v) is 8.29. The molecule has 2 fully saturated rings. The molecule has 29 heavy (non-hydrogen) atoms. The minimum atomic E-state index is -0.177. The van der Waals surface area contributed by atoms with Gasteiger partial charge in [-0.1, -0.05) is 12.1 Å². The fourth-order valence-corrected chi connectivity index (χ4v) is 4.53. The van der Waals surface area contributed by atoms with E-state index in [1.807, 2.05) is 16.8 Å². The number of imidazole rings is 1. The number of benzene rings is 1. The summed E-state index contributed by atoms with van der Waals surface area (Å²) in [5.41, 5.74) is 5.30. The van der Waals surface area contributed by atoms with Crippen molar-refractivity contribution in [3.05, 3.63) is 47.5 Å². The molecule has 1 aromatic heterocycles. The molecule has 0 aliphatic carbocycles. The summed E-state index contributed by atoms with van der Waals surface area (Å²) in [5.74, 6) is 1.92. The molecular formula is C21H27N5O3. The maximum absolute atomic E-state index is 12.7. The average molecular weight is 397 g/mol. The standard InChI is InChI=1S/C21H27N5O3/c1-13(25-11-16(12-25)14-2-4-17(27)5-3-14)19-23-21(28)18-10-22-20(26(18)24-19)15-6-8-29-9-7-15/h2-5,10,13,15-16,19,24,27H,6-9,11-12H2,1H3,(H,23,28). The van der Waals surface area contributed by atoms with Crippen molar-refractivity contribution < 1.29 is 14.6 Å². The number of amides is 1. The van der Waals surface area contributed by atoms with Gasteiger partial charge in [-0.3, -0.25) is 9.69 Å². The van der Waals surface area contributed by atoms with E-state index in [4.69, 9.17) is 4.74 Å². The van der Waals surface area contributed by atoms with Crippen LogP contribution in [0.3, 0.4) is 0 Å². The van der Waals surface area contributed by atoms with E-state index >= 15 is 0 Å². The summed E-state index contributed by atoms with van der Waals surface area (Å²) in [6.07, 6.45) is 3.35. The first-order valence-electron chi connectivity index (χ1n) is 10.4. The molecule has 3 N–H and O–H groups in total. The molecule has 2 atom stereocenters. The molecule has 0 bridgehead atoms. The number of rotatable bonds is 4. The molecule has 0 spiro atoms. The molecule has 8 nitrogen and oxygen atoms in total. The van der Waals surface area contributed by atoms with E-state index < -0.39 is 0 Å². The topological polar surface area (TPSA) is 91.6 Å². The van der Waals surface area contributed by atoms with Gasteiger partial charge in [0.15, 0.2) is 0 Å². The Bertz CT molecular complexity index is 884. The monoisotopic (exact) mass is 397 g/mol. The maximum atomic E-state index is 12.7. The average Bonchev–Trinajstić information content (AvgIpc) is 3.13. The summed E-state index contributed by atoms with van der Waals surface area (Å²) < 4.78 is 7.37. The third kappa shape index (κ3) is 3.36. The van der Waals surface area contributed by atoms with E-state index in [-0.39, 0.29) is 18.1 Å². The van der Waals surface area contributed by atoms with Crippen molar-refractivity contribution in [3.8, 4) is 5.75 Å². The minimum absolute atomic E-state index is 0.0815. The Morgan fingerprint density at radius 2 is 1.90 bits per heavy atom. The first kappa shape index (κ1) is 18.4. The molecule has 0 radical (unpaired) electrons. The number of hydrogen-bond acceptors (Lipinski definition) is 6. The number of likely N-dealkylation sites (tertiary alicyclic amines) is 1. The lowest BCUT2D eigenvalue weighted by molar-refractivity contribution is 0.0666. The van der Waals surface area contributed by atoms with E-state index in [0.29, 0.717) is 23.3 Å². The maximum Gasteiger partial charge on any atom is 0.273 e. The predicted molar refractivity (Wildman–Crippen MR) is 108 cm³/mol. The van der Waals surface area contributed by atoms with Gasteiger partial charge in [-0.25, -0.2) is 9.66 Å². The number of nitrogens with zero attached hydrogens (tertiary/aromatic N) is 3. The zero-order valence-corrected chi connectivity index (χ0v) is 16.5. The number of ether oxygens (including phenoxy) is 1. The van der Waals surface area contributed by atoms with Gasteiger partial charge in [0.1, 0.15) is 23.4 Å². The zero-order valence-electron chi connectivity index (χ0n) is 16.5. The van der Waals surface area contributed by atoms with Gasteiger partial charge in [0, 0.05) is 44.2 Å². The largest absolute Gasteiger partial charge is 0.508 e. The first-order chi connectivity index (χ1) is 14.1. The third-order valence-corrected chi connectivity index (χ3v) is 6.50. The van der Waals surface area contributed by atoms with E-state index in [0.717, 1.165) is 45.0 Å². The highest BCUT2D eigenvalue weighted by Gasteiger charge is 2.38. The second-order valence-electron chi connectivity index (χ2n) is 8.29. The fraction of sp³-hybridized carbons (Fsp3) is 0.524. The van der Waals surface area contributed by atoms with Crippen LogP contribution in [0.25, 0.3) is 0 Å². The molecule has 5 rings (SSSR count). The lowest BCUT2D eigenvalue weighted by Crippen LogP contribution is -2.63. The molecule has 4 heterocycles. The van der Waals surface area contributed by atoms with Gasteiger partial charge in [0.2, 0.25) is 0 Å². The third-order valence-electron chi connectivity index (χ3n) is 6.50. The summed E-state index contributed by atoms with van der Waals surface area (Å²) in [4.78, 5) is 19.6. The molecule has 3 aliphatic rings. The number of phenols is 1. The van der Waals surface area contributed by atoms with Gasteiger partial charge in [0.25, 0.3) is 5.91 Å². The van der Waals surface area contributed by atoms with Gasteiger partial charge in [0.05, 0.1) is 6.20 Å². The van der Waals surface area contributed by atoms with E-state index in [9.17, 15) is 9.90 Å². The number of nitrogens with one attached hydrogen (secondary N) is 2. The van der Waals surface area contributed by atoms with Crippen LogP contribution < -0.4 is 10.7 Å². The molecule has 1 amide bonds. The van der Waals surface area contributed by atoms with Crippen molar-refractivity contribution in [2.24, 2.45) is 0 Å². The molecular weight excluding hydrogens is 370 g/mol. The number of carbonyl (C=O) groups excluding carboxylic acids is 1. The number of carbonyl (C=O) groups is 1. The number of aromatic nitrogens is 2. The van der Waals surface area contributed by atoms with Crippen LogP contribution in [0, 0.1) is 0 Å². The lowest BCUT2D eigenvalue weighted by Gasteiger charge is -2.47. The molecule has 0 saturated carbocycles. The molecule has 2 saturated heterocycles. The Labute approximate surface area is 169 Å². The van der Waals surface area contributed by atoms with E-state index in [1.165, 1.54) is 5.56 Å². The van der Waals surface area contributed by atoms with Crippen molar-refractivity contribution in [2.45, 2.75) is 43.8 Å². The number of fused-ring (bicyclic) bond motifs is 1. The summed E-state index contributed by atoms with van der Waals surface area (Å²) in [6.45, 7) is 5.49. The van der Waals surface area contributed by atoms with Crippen LogP contribution in [0.15, 0.2) is 30.5 Å². The number of phenolic OH excluding ortho intramolecular Hbond substituents is 1. The quantitative estimate of drug-likeness (QED) is 0.726. The van der Waals surface area contributed by atoms with Gasteiger partial charge >= 0.3 is 0 Å². The van der Waals surface area contributed by atoms with E-state index in [2.05, 4.69) is 27.6 Å². The van der Waals surface area contributed by atoms with Crippen molar-refractivity contribution >= 4 is 5.91 Å². The molecule has 1 aromatic carbocycles. The van der Waals surface area contributed by atoms with Crippen molar-refractivity contribution in [2.75, 3.05) is 31.7 Å². The highest BCUT2D eigenvalue weighted by atomic mass is 16.5. The van der Waals surface area contributed by atoms with Gasteiger partial charge < -0.3 is 20.6 Å². The highest BCUT2D eigenvalue weighted by molar-refractivity contribution is 5.93. The van der Waals surface area contributed by atoms with Gasteiger partial charge in [-0.05, 0) is 37.5 Å². The summed E-state index contributed by atoms with van der Waals surface area (Å²) in [6, 6.07) is 7.59. The molecule has 2 unspecified atom stereocenters. The highest BCUT2D eigenvalue weighted by Crippen LogP contribution is 2.31. The second kappa shape index (κ2) is 7.35. The van der Waals surface area contributed by atoms with Crippen LogP contribution in [0.2, 0.25) is 0 Å². The van der Waals surface area contributed by atoms with Gasteiger partial charge in [-0.2, -0.15) is 0 Å². The Hall–Kier alpha value is -2.58. The van der Waals surface area contributed by atoms with Crippen molar-refractivity contribution in [1.29, 1.82) is 0 Å². The molecule has 8 heteroatoms. The Balaban J connectivity index is 1.27. The van der Waals surface area contributed by atoms with Crippen LogP contribution in [0.5, 0.6) is 5.75 Å². The molecule has 2 aromatic rings. The van der Waals surface area contributed by atoms with Crippen LogP contribution in [-0.4, -0.2) is 64.1 Å². The molecule has 154 valence electrons. The van der Waals surface area contributed by atoms with Crippen molar-refractivity contribution in [3.63, 3.8) is 0 Å². The minimum Gasteiger partial charge on any atom is -0.508 e. The van der Waals surface area contributed by atoms with Crippen LogP contribution in [0.1, 0.15) is 53.5 Å². The summed E-state index contributed by atoms with van der Waals surface area (Å²) in [7, 11) is 0.